The Morgan fingerprint density at radius 3 is 1.20 bits per heavy atom. The van der Waals surface area contributed by atoms with E-state index in [0.29, 0.717) is 17.8 Å². The maximum absolute atomic E-state index is 11.2. The minimum atomic E-state index is -0.471. The van der Waals surface area contributed by atoms with Crippen LogP contribution in [0.5, 0.6) is 0 Å². The van der Waals surface area contributed by atoms with Crippen molar-refractivity contribution < 1.29 is 15.6 Å². The van der Waals surface area contributed by atoms with Crippen molar-refractivity contribution in [3.8, 4) is 0 Å². The highest BCUT2D eigenvalue weighted by molar-refractivity contribution is 5.47. The third kappa shape index (κ3) is 6.66. The number of piperidine rings is 3. The molecule has 252 valence electrons. The molecule has 0 radical (unpaired) electrons. The van der Waals surface area contributed by atoms with Crippen molar-refractivity contribution >= 4 is 17.8 Å². The molecule has 3 aliphatic heterocycles. The molecular formula is C32H61N9O3. The molecule has 1 aromatic heterocycles. The average Bonchev–Trinajstić information content (AvgIpc) is 2.83. The van der Waals surface area contributed by atoms with Gasteiger partial charge in [-0.15, -0.1) is 0 Å². The van der Waals surface area contributed by atoms with Crippen LogP contribution in [0.15, 0.2) is 0 Å². The zero-order valence-corrected chi connectivity index (χ0v) is 29.9. The minimum Gasteiger partial charge on any atom is -0.351 e. The molecule has 0 aliphatic carbocycles. The lowest BCUT2D eigenvalue weighted by Gasteiger charge is -2.58. The number of anilines is 3. The van der Waals surface area contributed by atoms with Gasteiger partial charge in [0.05, 0.1) is 0 Å². The maximum Gasteiger partial charge on any atom is 0.232 e. The zero-order valence-electron chi connectivity index (χ0n) is 29.9. The van der Waals surface area contributed by atoms with E-state index < -0.39 is 33.2 Å². The Balaban J connectivity index is 1.82. The highest BCUT2D eigenvalue weighted by Gasteiger charge is 2.52. The summed E-state index contributed by atoms with van der Waals surface area (Å²) in [5.74, 6) is 1.69. The summed E-state index contributed by atoms with van der Waals surface area (Å²) < 4.78 is 0. The lowest BCUT2D eigenvalue weighted by Crippen LogP contribution is -2.67. The second kappa shape index (κ2) is 11.2. The van der Waals surface area contributed by atoms with Crippen LogP contribution in [0.2, 0.25) is 0 Å². The van der Waals surface area contributed by atoms with Gasteiger partial charge in [0, 0.05) is 65.5 Å². The molecule has 0 aromatic carbocycles. The Morgan fingerprint density at radius 1 is 0.545 bits per heavy atom. The normalized spacial score (nSPS) is 27.7. The SMILES string of the molecule is CN(C)c1nc(NC2CC(C)(C)N(O)C(C)(C)C2)nc(N(C2CC(C)(C)N(O)C(C)(C)C2)C2CC(C)(C)N(O)C(C)(C)C2)n1. The van der Waals surface area contributed by atoms with E-state index in [4.69, 9.17) is 15.0 Å². The van der Waals surface area contributed by atoms with Crippen LogP contribution in [0.3, 0.4) is 0 Å². The molecule has 4 rings (SSSR count). The van der Waals surface area contributed by atoms with Gasteiger partial charge in [0.25, 0.3) is 0 Å². The van der Waals surface area contributed by atoms with Crippen molar-refractivity contribution in [1.82, 2.24) is 30.1 Å². The molecule has 0 spiro atoms. The molecule has 0 unspecified atom stereocenters. The first kappa shape index (κ1) is 35.0. The van der Waals surface area contributed by atoms with Crippen LogP contribution < -0.4 is 15.1 Å². The Labute approximate surface area is 265 Å². The summed E-state index contributed by atoms with van der Waals surface area (Å²) in [4.78, 5) is 19.3. The van der Waals surface area contributed by atoms with Crippen molar-refractivity contribution in [3.63, 3.8) is 0 Å². The van der Waals surface area contributed by atoms with Crippen LogP contribution in [0, 0.1) is 0 Å². The number of hydrogen-bond acceptors (Lipinski definition) is 12. The lowest BCUT2D eigenvalue weighted by atomic mass is 9.75. The average molecular weight is 620 g/mol. The number of nitrogens with one attached hydrogen (secondary N) is 1. The standard InChI is InChI=1S/C32H61N9O3/c1-27(2)15-21(16-28(3,4)39(27)42)33-24-34-25(37(13)14)36-26(35-24)38(22-17-29(5,6)40(43)30(7,8)18-22)23-19-31(9,10)41(44)32(11,12)20-23/h21-23,42-44H,15-20H2,1-14H3,(H,33,34,35,36). The van der Waals surface area contributed by atoms with Crippen LogP contribution in [-0.2, 0) is 0 Å². The van der Waals surface area contributed by atoms with E-state index in [1.54, 1.807) is 0 Å². The van der Waals surface area contributed by atoms with Gasteiger partial charge in [-0.1, -0.05) is 0 Å². The molecule has 1 aromatic rings. The second-order valence-corrected chi connectivity index (χ2v) is 17.7. The number of aromatic nitrogens is 3. The fourth-order valence-corrected chi connectivity index (χ4v) is 8.74. The van der Waals surface area contributed by atoms with Gasteiger partial charge in [0.1, 0.15) is 0 Å². The monoisotopic (exact) mass is 619 g/mol. The van der Waals surface area contributed by atoms with Gasteiger partial charge in [-0.05, 0) is 122 Å². The van der Waals surface area contributed by atoms with Crippen molar-refractivity contribution in [3.05, 3.63) is 0 Å². The zero-order chi connectivity index (χ0) is 33.4. The first-order valence-corrected chi connectivity index (χ1v) is 16.3. The predicted molar refractivity (Wildman–Crippen MR) is 175 cm³/mol. The molecule has 12 nitrogen and oxygen atoms in total. The van der Waals surface area contributed by atoms with Crippen LogP contribution in [0.1, 0.15) is 122 Å². The van der Waals surface area contributed by atoms with E-state index in [2.05, 4.69) is 93.3 Å². The van der Waals surface area contributed by atoms with Gasteiger partial charge >= 0.3 is 0 Å². The van der Waals surface area contributed by atoms with E-state index >= 15 is 0 Å². The summed E-state index contributed by atoms with van der Waals surface area (Å²) in [6.45, 7) is 24.9. The largest absolute Gasteiger partial charge is 0.351 e. The molecule has 0 atom stereocenters. The topological polar surface area (TPSA) is 128 Å². The highest BCUT2D eigenvalue weighted by Crippen LogP contribution is 2.45. The third-order valence-electron chi connectivity index (χ3n) is 10.2. The van der Waals surface area contributed by atoms with Crippen LogP contribution in [0.4, 0.5) is 17.8 Å². The van der Waals surface area contributed by atoms with Gasteiger partial charge in [-0.25, -0.2) is 0 Å². The molecular weight excluding hydrogens is 558 g/mol. The molecule has 12 heteroatoms. The Bertz CT molecular complexity index is 1100. The first-order valence-electron chi connectivity index (χ1n) is 16.3. The summed E-state index contributed by atoms with van der Waals surface area (Å²) in [6, 6.07) is 0.116. The summed E-state index contributed by atoms with van der Waals surface area (Å²) in [7, 11) is 3.88. The summed E-state index contributed by atoms with van der Waals surface area (Å²) in [6.07, 6.45) is 4.33. The van der Waals surface area contributed by atoms with Crippen LogP contribution in [-0.4, -0.2) is 111 Å². The lowest BCUT2D eigenvalue weighted by molar-refractivity contribution is -0.251. The molecule has 4 N–H and O–H groups in total. The predicted octanol–water partition coefficient (Wildman–Crippen LogP) is 5.39. The second-order valence-electron chi connectivity index (χ2n) is 17.7. The Kier molecular flexibility index (Phi) is 8.88. The van der Waals surface area contributed by atoms with Gasteiger partial charge in [0.15, 0.2) is 0 Å². The van der Waals surface area contributed by atoms with E-state index in [-0.39, 0.29) is 18.1 Å². The Morgan fingerprint density at radius 2 is 0.864 bits per heavy atom. The third-order valence-corrected chi connectivity index (χ3v) is 10.2. The highest BCUT2D eigenvalue weighted by atomic mass is 16.5. The van der Waals surface area contributed by atoms with Crippen molar-refractivity contribution in [2.75, 3.05) is 29.2 Å². The number of hydroxylamine groups is 6. The molecule has 0 saturated carbocycles. The van der Waals surface area contributed by atoms with E-state index in [1.165, 1.54) is 15.2 Å². The molecule has 4 heterocycles. The van der Waals surface area contributed by atoms with Gasteiger partial charge in [-0.2, -0.15) is 30.1 Å². The quantitative estimate of drug-likeness (QED) is 0.326. The smallest absolute Gasteiger partial charge is 0.232 e. The summed E-state index contributed by atoms with van der Waals surface area (Å²) >= 11 is 0. The summed E-state index contributed by atoms with van der Waals surface area (Å²) in [5, 5.41) is 41.4. The fourth-order valence-electron chi connectivity index (χ4n) is 8.74. The number of hydrogen-bond donors (Lipinski definition) is 4. The van der Waals surface area contributed by atoms with E-state index in [0.717, 1.165) is 38.5 Å². The van der Waals surface area contributed by atoms with Gasteiger partial charge in [0.2, 0.25) is 17.8 Å². The van der Waals surface area contributed by atoms with E-state index in [9.17, 15) is 15.6 Å². The molecule has 0 bridgehead atoms. The van der Waals surface area contributed by atoms with Gasteiger partial charge < -0.3 is 30.7 Å². The molecule has 3 aliphatic rings. The van der Waals surface area contributed by atoms with Crippen molar-refractivity contribution in [1.29, 1.82) is 0 Å². The number of nitrogens with zero attached hydrogens (tertiary/aromatic N) is 8. The minimum absolute atomic E-state index is 0.0333. The maximum atomic E-state index is 11.2. The van der Waals surface area contributed by atoms with Crippen molar-refractivity contribution in [2.45, 2.75) is 173 Å². The van der Waals surface area contributed by atoms with Crippen LogP contribution in [0.25, 0.3) is 0 Å². The molecule has 3 fully saturated rings. The fraction of sp³-hybridized carbons (Fsp3) is 0.906. The Hall–Kier alpha value is -1.83. The van der Waals surface area contributed by atoms with Gasteiger partial charge in [-0.3, -0.25) is 0 Å². The molecule has 44 heavy (non-hydrogen) atoms. The molecule has 3 saturated heterocycles. The van der Waals surface area contributed by atoms with Crippen LogP contribution >= 0.6 is 0 Å². The van der Waals surface area contributed by atoms with E-state index in [1.807, 2.05) is 19.0 Å². The first-order chi connectivity index (χ1) is 19.8. The number of rotatable bonds is 6. The summed E-state index contributed by atoms with van der Waals surface area (Å²) in [5.41, 5.74) is -2.72. The molecule has 0 amide bonds. The van der Waals surface area contributed by atoms with Crippen molar-refractivity contribution in [2.24, 2.45) is 0 Å².